The molecule has 0 bridgehead atoms. The Hall–Kier alpha value is -1.90. The molecule has 1 fully saturated rings. The first kappa shape index (κ1) is 11.6. The highest BCUT2D eigenvalue weighted by atomic mass is 16.1. The number of nitrogens with zero attached hydrogens (tertiary/aromatic N) is 4. The van der Waals surface area contributed by atoms with Crippen LogP contribution in [0.4, 0.5) is 0 Å². The number of rotatable bonds is 5. The molecule has 0 saturated heterocycles. The molecule has 1 saturated carbocycles. The zero-order valence-corrected chi connectivity index (χ0v) is 9.76. The standard InChI is InChI=1S/C11H15N5O/c1-8(10(13)17)2-3-9-6-16(15-14-9)11(7-12)4-5-11/h6,8H,2-5H2,1H3,(H2,13,17)/t8-/m0/s1. The number of hydrogen-bond acceptors (Lipinski definition) is 4. The van der Waals surface area contributed by atoms with Crippen LogP contribution in [0.2, 0.25) is 0 Å². The molecule has 1 aliphatic carbocycles. The van der Waals surface area contributed by atoms with E-state index in [2.05, 4.69) is 16.4 Å². The van der Waals surface area contributed by atoms with Gasteiger partial charge in [-0.1, -0.05) is 12.1 Å². The third kappa shape index (κ3) is 2.28. The monoisotopic (exact) mass is 233 g/mol. The van der Waals surface area contributed by atoms with Crippen LogP contribution in [0.15, 0.2) is 6.20 Å². The Morgan fingerprint density at radius 3 is 3.00 bits per heavy atom. The summed E-state index contributed by atoms with van der Waals surface area (Å²) in [6, 6.07) is 2.25. The Morgan fingerprint density at radius 1 is 1.76 bits per heavy atom. The first-order valence-electron chi connectivity index (χ1n) is 5.70. The molecule has 1 atom stereocenters. The smallest absolute Gasteiger partial charge is 0.220 e. The maximum atomic E-state index is 10.9. The van der Waals surface area contributed by atoms with Crippen LogP contribution < -0.4 is 5.73 Å². The molecule has 1 amide bonds. The molecule has 17 heavy (non-hydrogen) atoms. The van der Waals surface area contributed by atoms with E-state index in [1.807, 2.05) is 0 Å². The van der Waals surface area contributed by atoms with Crippen molar-refractivity contribution < 1.29 is 4.79 Å². The van der Waals surface area contributed by atoms with E-state index in [9.17, 15) is 4.79 Å². The van der Waals surface area contributed by atoms with Crippen molar-refractivity contribution in [1.29, 1.82) is 5.26 Å². The molecule has 0 aliphatic heterocycles. The van der Waals surface area contributed by atoms with Gasteiger partial charge in [0.2, 0.25) is 5.91 Å². The maximum Gasteiger partial charge on any atom is 0.220 e. The second-order valence-corrected chi connectivity index (χ2v) is 4.64. The van der Waals surface area contributed by atoms with E-state index >= 15 is 0 Å². The zero-order chi connectivity index (χ0) is 12.5. The van der Waals surface area contributed by atoms with Crippen LogP contribution in [0.25, 0.3) is 0 Å². The molecule has 1 aromatic rings. The highest BCUT2D eigenvalue weighted by Gasteiger charge is 2.46. The van der Waals surface area contributed by atoms with Gasteiger partial charge in [0.1, 0.15) is 0 Å². The van der Waals surface area contributed by atoms with E-state index in [1.54, 1.807) is 17.8 Å². The summed E-state index contributed by atoms with van der Waals surface area (Å²) in [6.07, 6.45) is 4.79. The SMILES string of the molecule is C[C@@H](CCc1cn(C2(C#N)CC2)nn1)C(N)=O. The molecule has 0 unspecified atom stereocenters. The van der Waals surface area contributed by atoms with Crippen LogP contribution in [0.5, 0.6) is 0 Å². The van der Waals surface area contributed by atoms with Gasteiger partial charge in [-0.3, -0.25) is 4.79 Å². The van der Waals surface area contributed by atoms with Crippen molar-refractivity contribution in [1.82, 2.24) is 15.0 Å². The molecule has 2 N–H and O–H groups in total. The van der Waals surface area contributed by atoms with Gasteiger partial charge in [-0.15, -0.1) is 5.10 Å². The van der Waals surface area contributed by atoms with Crippen molar-refractivity contribution in [3.05, 3.63) is 11.9 Å². The van der Waals surface area contributed by atoms with Gasteiger partial charge in [-0.2, -0.15) is 5.26 Å². The average Bonchev–Trinajstić information content (AvgIpc) is 2.98. The Bertz CT molecular complexity index is 468. The number of hydrogen-bond donors (Lipinski definition) is 1. The zero-order valence-electron chi connectivity index (χ0n) is 9.76. The predicted octanol–water partition coefficient (Wildman–Crippen LogP) is 0.345. The summed E-state index contributed by atoms with van der Waals surface area (Å²) in [5.41, 5.74) is 5.53. The fourth-order valence-electron chi connectivity index (χ4n) is 1.64. The van der Waals surface area contributed by atoms with Gasteiger partial charge >= 0.3 is 0 Å². The predicted molar refractivity (Wildman–Crippen MR) is 59.5 cm³/mol. The van der Waals surface area contributed by atoms with Gasteiger partial charge in [0.25, 0.3) is 0 Å². The van der Waals surface area contributed by atoms with Crippen LogP contribution in [-0.4, -0.2) is 20.9 Å². The van der Waals surface area contributed by atoms with Crippen LogP contribution in [0.1, 0.15) is 31.9 Å². The molecule has 1 aliphatic rings. The van der Waals surface area contributed by atoms with E-state index in [1.165, 1.54) is 0 Å². The van der Waals surface area contributed by atoms with Crippen LogP contribution in [-0.2, 0) is 16.8 Å². The molecule has 1 heterocycles. The van der Waals surface area contributed by atoms with E-state index < -0.39 is 5.54 Å². The highest BCUT2D eigenvalue weighted by molar-refractivity contribution is 5.76. The molecule has 0 radical (unpaired) electrons. The molecular weight excluding hydrogens is 218 g/mol. The summed E-state index contributed by atoms with van der Waals surface area (Å²) in [6.45, 7) is 1.80. The van der Waals surface area contributed by atoms with Gasteiger partial charge in [-0.05, 0) is 25.7 Å². The average molecular weight is 233 g/mol. The fraction of sp³-hybridized carbons (Fsp3) is 0.636. The first-order chi connectivity index (χ1) is 8.07. The lowest BCUT2D eigenvalue weighted by atomic mass is 10.0. The van der Waals surface area contributed by atoms with Crippen LogP contribution >= 0.6 is 0 Å². The maximum absolute atomic E-state index is 10.9. The van der Waals surface area contributed by atoms with Crippen LogP contribution in [0.3, 0.4) is 0 Å². The Labute approximate surface area is 99.4 Å². The molecule has 6 heteroatoms. The summed E-state index contributed by atoms with van der Waals surface area (Å²) in [5.74, 6) is -0.459. The molecular formula is C11H15N5O. The lowest BCUT2D eigenvalue weighted by molar-refractivity contribution is -0.121. The number of amides is 1. The topological polar surface area (TPSA) is 97.6 Å². The number of aryl methyl sites for hydroxylation is 1. The van der Waals surface area contributed by atoms with Crippen molar-refractivity contribution in [3.8, 4) is 6.07 Å². The largest absolute Gasteiger partial charge is 0.369 e. The first-order valence-corrected chi connectivity index (χ1v) is 5.70. The molecule has 0 aromatic carbocycles. The van der Waals surface area contributed by atoms with Crippen molar-refractivity contribution in [2.45, 2.75) is 38.1 Å². The summed E-state index contributed by atoms with van der Waals surface area (Å²) in [7, 11) is 0. The second-order valence-electron chi connectivity index (χ2n) is 4.64. The summed E-state index contributed by atoms with van der Waals surface area (Å²) < 4.78 is 1.64. The van der Waals surface area contributed by atoms with Crippen molar-refractivity contribution in [2.75, 3.05) is 0 Å². The molecule has 90 valence electrons. The number of nitrogens with two attached hydrogens (primary N) is 1. The minimum Gasteiger partial charge on any atom is -0.369 e. The van der Waals surface area contributed by atoms with Gasteiger partial charge < -0.3 is 5.73 Å². The van der Waals surface area contributed by atoms with Gasteiger partial charge in [-0.25, -0.2) is 4.68 Å². The van der Waals surface area contributed by atoms with E-state index in [0.717, 1.165) is 18.5 Å². The van der Waals surface area contributed by atoms with Crippen molar-refractivity contribution in [3.63, 3.8) is 0 Å². The van der Waals surface area contributed by atoms with Crippen molar-refractivity contribution >= 4 is 5.91 Å². The van der Waals surface area contributed by atoms with Gasteiger partial charge in [0, 0.05) is 5.92 Å². The fourth-order valence-corrected chi connectivity index (χ4v) is 1.64. The quantitative estimate of drug-likeness (QED) is 0.793. The van der Waals surface area contributed by atoms with Gasteiger partial charge in [0.15, 0.2) is 5.54 Å². The number of primary amides is 1. The Morgan fingerprint density at radius 2 is 2.47 bits per heavy atom. The van der Waals surface area contributed by atoms with Gasteiger partial charge in [0.05, 0.1) is 18.0 Å². The number of carbonyl (C=O) groups excluding carboxylic acids is 1. The lowest BCUT2D eigenvalue weighted by Crippen LogP contribution is -2.20. The lowest BCUT2D eigenvalue weighted by Gasteiger charge is -2.04. The molecule has 0 spiro atoms. The van der Waals surface area contributed by atoms with E-state index in [4.69, 9.17) is 11.0 Å². The molecule has 2 rings (SSSR count). The number of nitriles is 1. The minimum atomic E-state index is -0.458. The van der Waals surface area contributed by atoms with Crippen LogP contribution in [0, 0.1) is 17.2 Å². The van der Waals surface area contributed by atoms with E-state index in [0.29, 0.717) is 12.8 Å². The highest BCUT2D eigenvalue weighted by Crippen LogP contribution is 2.41. The summed E-state index contributed by atoms with van der Waals surface area (Å²) in [4.78, 5) is 10.9. The third-order valence-corrected chi connectivity index (χ3v) is 3.23. The van der Waals surface area contributed by atoms with E-state index in [-0.39, 0.29) is 11.8 Å². The minimum absolute atomic E-state index is 0.161. The Balaban J connectivity index is 1.96. The Kier molecular flexibility index (Phi) is 2.84. The molecule has 6 nitrogen and oxygen atoms in total. The number of aromatic nitrogens is 3. The second kappa shape index (κ2) is 4.17. The van der Waals surface area contributed by atoms with Crippen molar-refractivity contribution in [2.24, 2.45) is 11.7 Å². The number of carbonyl (C=O) groups is 1. The third-order valence-electron chi connectivity index (χ3n) is 3.23. The molecule has 1 aromatic heterocycles. The normalized spacial score (nSPS) is 18.4. The summed E-state index contributed by atoms with van der Waals surface area (Å²) in [5, 5.41) is 17.0. The summed E-state index contributed by atoms with van der Waals surface area (Å²) >= 11 is 0.